The van der Waals surface area contributed by atoms with Gasteiger partial charge in [-0.3, -0.25) is 4.79 Å². The lowest BCUT2D eigenvalue weighted by atomic mass is 9.47. The predicted molar refractivity (Wildman–Crippen MR) is 100.0 cm³/mol. The van der Waals surface area contributed by atoms with Crippen molar-refractivity contribution in [2.24, 2.45) is 34.5 Å². The zero-order valence-electron chi connectivity index (χ0n) is 15.2. The lowest BCUT2D eigenvalue weighted by molar-refractivity contribution is -0.127. The van der Waals surface area contributed by atoms with Gasteiger partial charge in [-0.25, -0.2) is 0 Å². The SMILES string of the molecule is CC(=O)[C@H]1CC[C@H]2[C@@H]3C(Br)C=C4CC(O)CC[C@]4(C)[C@H]3CC[C@]12C. The van der Waals surface area contributed by atoms with Gasteiger partial charge in [-0.05, 0) is 80.5 Å². The Labute approximate surface area is 154 Å². The molecule has 0 heterocycles. The average Bonchev–Trinajstić information content (AvgIpc) is 2.86. The molecule has 0 spiro atoms. The lowest BCUT2D eigenvalue weighted by Crippen LogP contribution is -2.53. The molecule has 8 atom stereocenters. The van der Waals surface area contributed by atoms with E-state index in [1.54, 1.807) is 6.92 Å². The highest BCUT2D eigenvalue weighted by atomic mass is 79.9. The van der Waals surface area contributed by atoms with Crippen LogP contribution < -0.4 is 0 Å². The van der Waals surface area contributed by atoms with Crippen LogP contribution in [0, 0.1) is 34.5 Å². The van der Waals surface area contributed by atoms with Crippen LogP contribution in [0.25, 0.3) is 0 Å². The first-order valence-electron chi connectivity index (χ1n) is 9.81. The van der Waals surface area contributed by atoms with Crippen LogP contribution in [0.1, 0.15) is 65.7 Å². The topological polar surface area (TPSA) is 37.3 Å². The smallest absolute Gasteiger partial charge is 0.133 e. The summed E-state index contributed by atoms with van der Waals surface area (Å²) in [6, 6.07) is 0. The Morgan fingerprint density at radius 2 is 1.92 bits per heavy atom. The van der Waals surface area contributed by atoms with E-state index < -0.39 is 0 Å². The fourth-order valence-corrected chi connectivity index (χ4v) is 8.31. The predicted octanol–water partition coefficient (Wildman–Crippen LogP) is 4.89. The third-order valence-corrected chi connectivity index (χ3v) is 9.43. The number of carbonyl (C=O) groups is 1. The Morgan fingerprint density at radius 1 is 1.17 bits per heavy atom. The number of halogens is 1. The number of hydrogen-bond acceptors (Lipinski definition) is 2. The molecule has 0 aliphatic heterocycles. The second-order valence-electron chi connectivity index (χ2n) is 9.53. The highest BCUT2D eigenvalue weighted by Crippen LogP contribution is 2.67. The average molecular weight is 395 g/mol. The molecule has 0 bridgehead atoms. The van der Waals surface area contributed by atoms with Gasteiger partial charge in [0.1, 0.15) is 5.78 Å². The van der Waals surface area contributed by atoms with Crippen molar-refractivity contribution in [1.82, 2.24) is 0 Å². The van der Waals surface area contributed by atoms with Crippen molar-refractivity contribution in [1.29, 1.82) is 0 Å². The Balaban J connectivity index is 1.71. The number of Topliss-reactive ketones (excluding diaryl/α,β-unsaturated/α-hetero) is 1. The van der Waals surface area contributed by atoms with Gasteiger partial charge in [-0.2, -0.15) is 0 Å². The van der Waals surface area contributed by atoms with Crippen LogP contribution in [0.5, 0.6) is 0 Å². The third kappa shape index (κ3) is 2.26. The summed E-state index contributed by atoms with van der Waals surface area (Å²) < 4.78 is 0. The summed E-state index contributed by atoms with van der Waals surface area (Å²) in [6.45, 7) is 6.67. The van der Waals surface area contributed by atoms with Crippen LogP contribution in [0.2, 0.25) is 0 Å². The van der Waals surface area contributed by atoms with Crippen molar-refractivity contribution in [3.63, 3.8) is 0 Å². The van der Waals surface area contributed by atoms with E-state index in [-0.39, 0.29) is 22.9 Å². The van der Waals surface area contributed by atoms with E-state index in [9.17, 15) is 9.90 Å². The fraction of sp³-hybridized carbons (Fsp3) is 0.857. The molecule has 0 aromatic heterocycles. The number of aliphatic hydroxyl groups excluding tert-OH is 1. The first-order chi connectivity index (χ1) is 11.3. The Hall–Kier alpha value is -0.150. The fourth-order valence-electron chi connectivity index (χ4n) is 7.25. The van der Waals surface area contributed by atoms with Crippen molar-refractivity contribution in [2.45, 2.75) is 76.6 Å². The largest absolute Gasteiger partial charge is 0.393 e. The van der Waals surface area contributed by atoms with Gasteiger partial charge in [0.15, 0.2) is 0 Å². The van der Waals surface area contributed by atoms with E-state index in [4.69, 9.17) is 0 Å². The number of fused-ring (bicyclic) bond motifs is 5. The molecule has 134 valence electrons. The maximum Gasteiger partial charge on any atom is 0.133 e. The molecular formula is C21H31BrO2. The number of alkyl halides is 1. The molecule has 4 aliphatic carbocycles. The molecule has 3 saturated carbocycles. The quantitative estimate of drug-likeness (QED) is 0.507. The first-order valence-corrected chi connectivity index (χ1v) is 10.7. The van der Waals surface area contributed by atoms with Crippen molar-refractivity contribution < 1.29 is 9.90 Å². The van der Waals surface area contributed by atoms with Gasteiger partial charge < -0.3 is 5.11 Å². The summed E-state index contributed by atoms with van der Waals surface area (Å²) in [7, 11) is 0. The summed E-state index contributed by atoms with van der Waals surface area (Å²) in [5, 5.41) is 10.1. The molecule has 2 unspecified atom stereocenters. The van der Waals surface area contributed by atoms with Crippen molar-refractivity contribution in [2.75, 3.05) is 0 Å². The van der Waals surface area contributed by atoms with Gasteiger partial charge in [0.2, 0.25) is 0 Å². The molecule has 0 aromatic carbocycles. The summed E-state index contributed by atoms with van der Waals surface area (Å²) in [5.74, 6) is 2.70. The van der Waals surface area contributed by atoms with E-state index in [2.05, 4.69) is 35.9 Å². The summed E-state index contributed by atoms with van der Waals surface area (Å²) in [5.41, 5.74) is 1.97. The minimum atomic E-state index is -0.150. The molecule has 0 aromatic rings. The third-order valence-electron chi connectivity index (χ3n) is 8.56. The standard InChI is InChI=1S/C21H31BrO2/c1-12(23)15-4-5-16-19-17(7-9-21(15,16)3)20(2)8-6-14(24)10-13(20)11-18(19)22/h11,14-19,24H,4-10H2,1-3H3/t14?,15-,16+,17+,18?,19+,20+,21-/m1/s1. The van der Waals surface area contributed by atoms with E-state index >= 15 is 0 Å². The van der Waals surface area contributed by atoms with Crippen LogP contribution in [-0.4, -0.2) is 21.8 Å². The maximum atomic E-state index is 12.2. The van der Waals surface area contributed by atoms with Gasteiger partial charge in [0.25, 0.3) is 0 Å². The molecule has 0 saturated heterocycles. The maximum absolute atomic E-state index is 12.2. The van der Waals surface area contributed by atoms with Gasteiger partial charge in [-0.15, -0.1) is 0 Å². The highest BCUT2D eigenvalue weighted by Gasteiger charge is 2.61. The number of aliphatic hydroxyl groups is 1. The Bertz CT molecular complexity index is 584. The normalized spacial score (nSPS) is 53.6. The minimum absolute atomic E-state index is 0.150. The number of rotatable bonds is 1. The van der Waals surface area contributed by atoms with Gasteiger partial charge in [0, 0.05) is 10.7 Å². The highest BCUT2D eigenvalue weighted by molar-refractivity contribution is 9.09. The molecule has 4 rings (SSSR count). The molecule has 3 heteroatoms. The second-order valence-corrected chi connectivity index (χ2v) is 10.6. The molecule has 0 radical (unpaired) electrons. The zero-order valence-corrected chi connectivity index (χ0v) is 16.8. The Kier molecular flexibility index (Phi) is 4.08. The van der Waals surface area contributed by atoms with E-state index in [1.165, 1.54) is 24.8 Å². The number of allylic oxidation sites excluding steroid dienone is 1. The second kappa shape index (κ2) is 5.67. The van der Waals surface area contributed by atoms with Gasteiger partial charge >= 0.3 is 0 Å². The van der Waals surface area contributed by atoms with E-state index in [0.29, 0.717) is 28.4 Å². The van der Waals surface area contributed by atoms with E-state index in [1.807, 2.05) is 0 Å². The molecule has 1 N–H and O–H groups in total. The van der Waals surface area contributed by atoms with Crippen LogP contribution >= 0.6 is 15.9 Å². The minimum Gasteiger partial charge on any atom is -0.393 e. The molecule has 0 amide bonds. The van der Waals surface area contributed by atoms with E-state index in [0.717, 1.165) is 25.7 Å². The Morgan fingerprint density at radius 3 is 2.62 bits per heavy atom. The number of hydrogen-bond donors (Lipinski definition) is 1. The monoisotopic (exact) mass is 394 g/mol. The molecule has 24 heavy (non-hydrogen) atoms. The van der Waals surface area contributed by atoms with Crippen molar-refractivity contribution >= 4 is 21.7 Å². The summed E-state index contributed by atoms with van der Waals surface area (Å²) in [6.07, 6.45) is 9.97. The number of carbonyl (C=O) groups excluding carboxylic acids is 1. The van der Waals surface area contributed by atoms with Crippen molar-refractivity contribution in [3.8, 4) is 0 Å². The lowest BCUT2D eigenvalue weighted by Gasteiger charge is -2.59. The van der Waals surface area contributed by atoms with Crippen LogP contribution in [-0.2, 0) is 4.79 Å². The number of ketones is 1. The van der Waals surface area contributed by atoms with Crippen LogP contribution in [0.4, 0.5) is 0 Å². The van der Waals surface area contributed by atoms with Crippen LogP contribution in [0.15, 0.2) is 11.6 Å². The van der Waals surface area contributed by atoms with Gasteiger partial charge in [-0.1, -0.05) is 41.4 Å². The van der Waals surface area contributed by atoms with Crippen molar-refractivity contribution in [3.05, 3.63) is 11.6 Å². The van der Waals surface area contributed by atoms with Gasteiger partial charge in [0.05, 0.1) is 6.10 Å². The summed E-state index contributed by atoms with van der Waals surface area (Å²) in [4.78, 5) is 12.6. The zero-order chi connectivity index (χ0) is 17.3. The summed E-state index contributed by atoms with van der Waals surface area (Å²) >= 11 is 4.01. The first kappa shape index (κ1) is 17.3. The molecule has 4 aliphatic rings. The molecule has 3 fully saturated rings. The molecule has 2 nitrogen and oxygen atoms in total. The molecular weight excluding hydrogens is 364 g/mol. The van der Waals surface area contributed by atoms with Crippen LogP contribution in [0.3, 0.4) is 0 Å².